The molecule has 28 heavy (non-hydrogen) atoms. The molecule has 1 aliphatic carbocycles. The van der Waals surface area contributed by atoms with Gasteiger partial charge in [-0.05, 0) is 56.5 Å². The lowest BCUT2D eigenvalue weighted by atomic mass is 10.1. The van der Waals surface area contributed by atoms with Gasteiger partial charge in [0, 0.05) is 29.1 Å². The number of aryl methyl sites for hydroxylation is 1. The maximum atomic E-state index is 12.7. The average Bonchev–Trinajstić information content (AvgIpc) is 3.42. The Morgan fingerprint density at radius 1 is 1.21 bits per heavy atom. The van der Waals surface area contributed by atoms with Crippen molar-refractivity contribution in [3.05, 3.63) is 64.5 Å². The minimum atomic E-state index is -4.45. The van der Waals surface area contributed by atoms with E-state index in [0.29, 0.717) is 11.6 Å². The summed E-state index contributed by atoms with van der Waals surface area (Å²) in [6.07, 6.45) is -0.0283. The molecule has 2 aromatic rings. The number of hydrogen-bond acceptors (Lipinski definition) is 3. The smallest absolute Gasteiger partial charge is 0.416 e. The van der Waals surface area contributed by atoms with Crippen molar-refractivity contribution in [2.45, 2.75) is 38.9 Å². The molecule has 0 amide bonds. The van der Waals surface area contributed by atoms with Crippen LogP contribution >= 0.6 is 0 Å². The molecule has 1 fully saturated rings. The lowest BCUT2D eigenvalue weighted by Crippen LogP contribution is -2.13. The summed E-state index contributed by atoms with van der Waals surface area (Å²) in [7, 11) is 0. The summed E-state index contributed by atoms with van der Waals surface area (Å²) in [6.45, 7) is 3.39. The Labute approximate surface area is 160 Å². The number of halogens is 3. The number of ketones is 1. The number of esters is 1. The Bertz CT molecular complexity index is 937. The van der Waals surface area contributed by atoms with Gasteiger partial charge in [0.2, 0.25) is 5.78 Å². The monoisotopic (exact) mass is 391 g/mol. The first-order valence-electron chi connectivity index (χ1n) is 8.90. The summed E-state index contributed by atoms with van der Waals surface area (Å²) in [4.78, 5) is 24.2. The molecule has 7 heteroatoms. The van der Waals surface area contributed by atoms with Gasteiger partial charge in [0.05, 0.1) is 5.56 Å². The number of nitrogens with zero attached hydrogens (tertiary/aromatic N) is 1. The molecule has 148 valence electrons. The fourth-order valence-corrected chi connectivity index (χ4v) is 3.20. The van der Waals surface area contributed by atoms with Crippen molar-refractivity contribution in [2.75, 3.05) is 6.61 Å². The molecule has 4 nitrogen and oxygen atoms in total. The molecule has 0 N–H and O–H groups in total. The molecule has 0 unspecified atom stereocenters. The Morgan fingerprint density at radius 2 is 1.93 bits per heavy atom. The van der Waals surface area contributed by atoms with Crippen molar-refractivity contribution in [3.63, 3.8) is 0 Å². The lowest BCUT2D eigenvalue weighted by molar-refractivity contribution is -0.138. The molecule has 1 aromatic carbocycles. The predicted octanol–water partition coefficient (Wildman–Crippen LogP) is 4.90. The standard InChI is InChI=1S/C21H20F3NO3/c1-13-10-18(14(2)25(13)17-7-8-17)19(26)12-28-20(27)9-6-15-4-3-5-16(11-15)21(22,23)24/h3-6,9-11,17H,7-8,12H2,1-2H3/b9-6+. The van der Waals surface area contributed by atoms with Gasteiger partial charge in [-0.25, -0.2) is 4.79 Å². The van der Waals surface area contributed by atoms with Crippen LogP contribution in [-0.2, 0) is 15.7 Å². The van der Waals surface area contributed by atoms with E-state index in [-0.39, 0.29) is 11.3 Å². The van der Waals surface area contributed by atoms with Crippen molar-refractivity contribution < 1.29 is 27.5 Å². The first-order valence-corrected chi connectivity index (χ1v) is 8.90. The zero-order chi connectivity index (χ0) is 20.5. The van der Waals surface area contributed by atoms with Gasteiger partial charge in [0.1, 0.15) is 0 Å². The Hall–Kier alpha value is -2.83. The van der Waals surface area contributed by atoms with Crippen molar-refractivity contribution >= 4 is 17.8 Å². The van der Waals surface area contributed by atoms with Gasteiger partial charge in [-0.1, -0.05) is 12.1 Å². The highest BCUT2D eigenvalue weighted by molar-refractivity contribution is 6.00. The largest absolute Gasteiger partial charge is 0.454 e. The molecule has 0 aliphatic heterocycles. The number of Topliss-reactive ketones (excluding diaryl/α,β-unsaturated/α-hetero) is 1. The molecule has 0 atom stereocenters. The molecule has 0 saturated heterocycles. The zero-order valence-corrected chi connectivity index (χ0v) is 15.5. The topological polar surface area (TPSA) is 48.3 Å². The van der Waals surface area contributed by atoms with Gasteiger partial charge in [-0.15, -0.1) is 0 Å². The van der Waals surface area contributed by atoms with Crippen LogP contribution < -0.4 is 0 Å². The number of benzene rings is 1. The molecule has 1 aromatic heterocycles. The molecule has 1 heterocycles. The highest BCUT2D eigenvalue weighted by Gasteiger charge is 2.30. The Kier molecular flexibility index (Phi) is 5.45. The van der Waals surface area contributed by atoms with Gasteiger partial charge < -0.3 is 9.30 Å². The first-order chi connectivity index (χ1) is 13.2. The summed E-state index contributed by atoms with van der Waals surface area (Å²) in [5, 5.41) is 0. The van der Waals surface area contributed by atoms with Crippen molar-refractivity contribution in [1.29, 1.82) is 0 Å². The minimum absolute atomic E-state index is 0.214. The van der Waals surface area contributed by atoms with Crippen molar-refractivity contribution in [1.82, 2.24) is 4.57 Å². The number of hydrogen-bond donors (Lipinski definition) is 0. The molecule has 0 radical (unpaired) electrons. The predicted molar refractivity (Wildman–Crippen MR) is 97.9 cm³/mol. The SMILES string of the molecule is Cc1cc(C(=O)COC(=O)/C=C/c2cccc(C(F)(F)F)c2)c(C)n1C1CC1. The summed E-state index contributed by atoms with van der Waals surface area (Å²) in [5.41, 5.74) is 1.80. The van der Waals surface area contributed by atoms with Crippen LogP contribution in [0.1, 0.15) is 51.8 Å². The van der Waals surface area contributed by atoms with Crippen LogP contribution in [0.5, 0.6) is 0 Å². The highest BCUT2D eigenvalue weighted by atomic mass is 19.4. The average molecular weight is 391 g/mol. The van der Waals surface area contributed by atoms with E-state index in [9.17, 15) is 22.8 Å². The summed E-state index contributed by atoms with van der Waals surface area (Å²) in [5.74, 6) is -1.09. The fourth-order valence-electron chi connectivity index (χ4n) is 3.20. The van der Waals surface area contributed by atoms with Crippen LogP contribution in [0.4, 0.5) is 13.2 Å². The van der Waals surface area contributed by atoms with Gasteiger partial charge in [-0.2, -0.15) is 13.2 Å². The second-order valence-corrected chi connectivity index (χ2v) is 6.87. The second kappa shape index (κ2) is 7.66. The van der Waals surface area contributed by atoms with Crippen LogP contribution in [0, 0.1) is 13.8 Å². The van der Waals surface area contributed by atoms with E-state index in [1.165, 1.54) is 18.2 Å². The number of alkyl halides is 3. The van der Waals surface area contributed by atoms with Gasteiger partial charge in [0.15, 0.2) is 6.61 Å². The summed E-state index contributed by atoms with van der Waals surface area (Å²) < 4.78 is 45.2. The highest BCUT2D eigenvalue weighted by Crippen LogP contribution is 2.38. The van der Waals surface area contributed by atoms with Crippen LogP contribution in [-0.4, -0.2) is 22.9 Å². The molecular formula is C21H20F3NO3. The second-order valence-electron chi connectivity index (χ2n) is 6.87. The van der Waals surface area contributed by atoms with Crippen LogP contribution in [0.15, 0.2) is 36.4 Å². The molecular weight excluding hydrogens is 371 g/mol. The van der Waals surface area contributed by atoms with E-state index in [1.54, 1.807) is 6.07 Å². The van der Waals surface area contributed by atoms with Gasteiger partial charge >= 0.3 is 12.1 Å². The quantitative estimate of drug-likeness (QED) is 0.400. The van der Waals surface area contributed by atoms with E-state index >= 15 is 0 Å². The number of carbonyl (C=O) groups excluding carboxylic acids is 2. The van der Waals surface area contributed by atoms with Crippen LogP contribution in [0.2, 0.25) is 0 Å². The van der Waals surface area contributed by atoms with E-state index in [1.807, 2.05) is 13.8 Å². The third-order valence-electron chi connectivity index (χ3n) is 4.67. The summed E-state index contributed by atoms with van der Waals surface area (Å²) >= 11 is 0. The van der Waals surface area contributed by atoms with Crippen LogP contribution in [0.3, 0.4) is 0 Å². The van der Waals surface area contributed by atoms with E-state index in [0.717, 1.165) is 42.4 Å². The number of ether oxygens (including phenoxy) is 1. The third-order valence-corrected chi connectivity index (χ3v) is 4.67. The third kappa shape index (κ3) is 4.52. The van der Waals surface area contributed by atoms with Gasteiger partial charge in [-0.3, -0.25) is 4.79 Å². The van der Waals surface area contributed by atoms with E-state index in [4.69, 9.17) is 4.74 Å². The Balaban J connectivity index is 1.59. The minimum Gasteiger partial charge on any atom is -0.454 e. The maximum absolute atomic E-state index is 12.7. The van der Waals surface area contributed by atoms with Crippen molar-refractivity contribution in [2.24, 2.45) is 0 Å². The van der Waals surface area contributed by atoms with Crippen molar-refractivity contribution in [3.8, 4) is 0 Å². The molecule has 0 bridgehead atoms. The normalized spacial score (nSPS) is 14.5. The van der Waals surface area contributed by atoms with Crippen LogP contribution in [0.25, 0.3) is 6.08 Å². The zero-order valence-electron chi connectivity index (χ0n) is 15.5. The molecule has 0 spiro atoms. The number of rotatable bonds is 6. The van der Waals surface area contributed by atoms with E-state index in [2.05, 4.69) is 4.57 Å². The lowest BCUT2D eigenvalue weighted by Gasteiger charge is -2.07. The maximum Gasteiger partial charge on any atom is 0.416 e. The number of carbonyl (C=O) groups is 2. The Morgan fingerprint density at radius 3 is 2.57 bits per heavy atom. The summed E-state index contributed by atoms with van der Waals surface area (Å²) in [6, 6.07) is 6.82. The molecule has 1 aliphatic rings. The fraction of sp³-hybridized carbons (Fsp3) is 0.333. The van der Waals surface area contributed by atoms with E-state index < -0.39 is 24.3 Å². The van der Waals surface area contributed by atoms with Gasteiger partial charge in [0.25, 0.3) is 0 Å². The molecule has 1 saturated carbocycles. The number of aromatic nitrogens is 1. The first kappa shape index (κ1) is 19.9. The molecule has 3 rings (SSSR count).